The van der Waals surface area contributed by atoms with Gasteiger partial charge >= 0.3 is 23.9 Å². The molecule has 0 spiro atoms. The minimum absolute atomic E-state index is 0.0494. The fraction of sp³-hybridized carbons (Fsp3) is 0.744. The summed E-state index contributed by atoms with van der Waals surface area (Å²) in [7, 11) is 2.46. The number of hydrogen-bond donors (Lipinski definition) is 3. The molecule has 2 aliphatic rings. The SMILES string of the molecule is C=CCOC(=O)C[C@H]1C[C@@H](C[C@H]2CCC[C@@H](C[C@@H](O)CC(=O)O[C@H](CC)CO)O2)O[C@@H](/C=C/C(C)(C)[C@](O)(OC)[C@@H](OC(C)=O)/C(=C/C(=O)OC)CC)O1. The number of aliphatic hydroxyl groups is 3. The molecule has 0 unspecified atom stereocenters. The molecule has 15 heteroatoms. The Bertz CT molecular complexity index is 1270. The summed E-state index contributed by atoms with van der Waals surface area (Å²) in [5.74, 6) is -4.65. The average Bonchev–Trinajstić information content (AvgIpc) is 3.12. The Balaban J connectivity index is 2.27. The third kappa shape index (κ3) is 14.8. The highest BCUT2D eigenvalue weighted by Gasteiger charge is 2.52. The summed E-state index contributed by atoms with van der Waals surface area (Å²) >= 11 is 0. The molecule has 0 bridgehead atoms. The van der Waals surface area contributed by atoms with E-state index >= 15 is 0 Å². The zero-order valence-electron chi connectivity index (χ0n) is 32.9. The van der Waals surface area contributed by atoms with E-state index in [1.165, 1.54) is 27.2 Å². The van der Waals surface area contributed by atoms with Gasteiger partial charge in [0.25, 0.3) is 0 Å². The largest absolute Gasteiger partial charge is 0.466 e. The minimum Gasteiger partial charge on any atom is -0.466 e. The maximum atomic E-state index is 12.6. The first-order chi connectivity index (χ1) is 25.5. The number of methoxy groups -OCH3 is 2. The van der Waals surface area contributed by atoms with E-state index in [1.54, 1.807) is 39.8 Å². The summed E-state index contributed by atoms with van der Waals surface area (Å²) in [6, 6.07) is 0. The van der Waals surface area contributed by atoms with Crippen molar-refractivity contribution in [3.05, 3.63) is 36.5 Å². The molecule has 0 amide bonds. The highest BCUT2D eigenvalue weighted by molar-refractivity contribution is 5.83. The third-order valence-electron chi connectivity index (χ3n) is 9.59. The van der Waals surface area contributed by atoms with E-state index < -0.39 is 71.9 Å². The van der Waals surface area contributed by atoms with Gasteiger partial charge < -0.3 is 53.2 Å². The molecule has 3 N–H and O–H groups in total. The van der Waals surface area contributed by atoms with Crippen LogP contribution in [0.4, 0.5) is 0 Å². The molecule has 0 saturated carbocycles. The predicted octanol–water partition coefficient (Wildman–Crippen LogP) is 3.75. The Morgan fingerprint density at radius 2 is 1.67 bits per heavy atom. The second kappa shape index (κ2) is 23.0. The zero-order chi connectivity index (χ0) is 40.5. The lowest BCUT2D eigenvalue weighted by atomic mass is 9.76. The molecule has 0 aliphatic carbocycles. The Morgan fingerprint density at radius 3 is 2.26 bits per heavy atom. The molecule has 15 nitrogen and oxygen atoms in total. The molecular formula is C39H62O15. The van der Waals surface area contributed by atoms with Crippen LogP contribution in [0, 0.1) is 5.41 Å². The van der Waals surface area contributed by atoms with Crippen LogP contribution in [0.1, 0.15) is 98.8 Å². The van der Waals surface area contributed by atoms with Gasteiger partial charge in [0.2, 0.25) is 5.79 Å². The Hall–Kier alpha value is -3.18. The van der Waals surface area contributed by atoms with Crippen LogP contribution in [-0.4, -0.2) is 121 Å². The first kappa shape index (κ1) is 47.0. The molecule has 2 heterocycles. The van der Waals surface area contributed by atoms with E-state index in [4.69, 9.17) is 37.9 Å². The highest BCUT2D eigenvalue weighted by Crippen LogP contribution is 2.41. The first-order valence-corrected chi connectivity index (χ1v) is 18.7. The van der Waals surface area contributed by atoms with Crippen molar-refractivity contribution in [3.63, 3.8) is 0 Å². The normalized spacial score (nSPS) is 25.1. The predicted molar refractivity (Wildman–Crippen MR) is 194 cm³/mol. The van der Waals surface area contributed by atoms with Gasteiger partial charge in [0.1, 0.15) is 12.7 Å². The Morgan fingerprint density at radius 1 is 0.981 bits per heavy atom. The van der Waals surface area contributed by atoms with Gasteiger partial charge in [0.15, 0.2) is 12.4 Å². The molecule has 0 aromatic heterocycles. The number of rotatable bonds is 22. The first-order valence-electron chi connectivity index (χ1n) is 18.7. The summed E-state index contributed by atoms with van der Waals surface area (Å²) in [5.41, 5.74) is -1.04. The topological polar surface area (TPSA) is 203 Å². The molecule has 2 saturated heterocycles. The van der Waals surface area contributed by atoms with Crippen molar-refractivity contribution < 1.29 is 72.4 Å². The summed E-state index contributed by atoms with van der Waals surface area (Å²) in [6.45, 7) is 11.3. The number of carbonyl (C=O) groups excluding carboxylic acids is 4. The summed E-state index contributed by atoms with van der Waals surface area (Å²) in [6.07, 6.45) is 4.01. The summed E-state index contributed by atoms with van der Waals surface area (Å²) in [4.78, 5) is 49.2. The van der Waals surface area contributed by atoms with Crippen LogP contribution in [-0.2, 0) is 57.1 Å². The Kier molecular flexibility index (Phi) is 20.0. The van der Waals surface area contributed by atoms with Gasteiger partial charge in [-0.1, -0.05) is 46.4 Å². The number of ether oxygens (including phenoxy) is 8. The van der Waals surface area contributed by atoms with Gasteiger partial charge in [-0.15, -0.1) is 0 Å². The summed E-state index contributed by atoms with van der Waals surface area (Å²) < 4.78 is 45.2. The number of hydrogen-bond acceptors (Lipinski definition) is 15. The number of carbonyl (C=O) groups is 4. The molecule has 9 atom stereocenters. The Labute approximate surface area is 318 Å². The van der Waals surface area contributed by atoms with Crippen molar-refractivity contribution in [2.75, 3.05) is 27.4 Å². The maximum absolute atomic E-state index is 12.6. The standard InChI is InChI=1S/C39H62O15/c1-9-17-49-34(44)23-32-22-31(21-30-14-12-13-29(51-30)19-27(42)20-35(45)52-28(11-3)24-40)53-36(54-32)15-16-38(5,6)39(46,48-8)37(50-25(4)41)26(10-2)18-33(43)47-7/h9,15-16,18,27-32,36-37,40,42,46H,1,10-14,17,19-24H2,2-8H3/b16-15+,26-18+/t27-,28-,29+,30-,31-,32-,36-,37+,39-/m1/s1. The number of aliphatic hydroxyl groups excluding tert-OH is 2. The van der Waals surface area contributed by atoms with Crippen molar-refractivity contribution >= 4 is 23.9 Å². The molecule has 2 aliphatic heterocycles. The second-order valence-corrected chi connectivity index (χ2v) is 14.2. The van der Waals surface area contributed by atoms with E-state index in [1.807, 2.05) is 0 Å². The number of esters is 4. The van der Waals surface area contributed by atoms with E-state index in [9.17, 15) is 34.5 Å². The van der Waals surface area contributed by atoms with Gasteiger partial charge in [-0.3, -0.25) is 14.4 Å². The van der Waals surface area contributed by atoms with Crippen molar-refractivity contribution in [1.82, 2.24) is 0 Å². The van der Waals surface area contributed by atoms with Crippen LogP contribution in [0.2, 0.25) is 0 Å². The lowest BCUT2D eigenvalue weighted by Gasteiger charge is -2.45. The monoisotopic (exact) mass is 770 g/mol. The second-order valence-electron chi connectivity index (χ2n) is 14.2. The molecule has 0 radical (unpaired) electrons. The van der Waals surface area contributed by atoms with Crippen LogP contribution in [0.25, 0.3) is 0 Å². The van der Waals surface area contributed by atoms with E-state index in [0.29, 0.717) is 25.7 Å². The zero-order valence-corrected chi connectivity index (χ0v) is 32.9. The fourth-order valence-electron chi connectivity index (χ4n) is 6.56. The molecule has 54 heavy (non-hydrogen) atoms. The van der Waals surface area contributed by atoms with Gasteiger partial charge in [-0.2, -0.15) is 0 Å². The fourth-order valence-corrected chi connectivity index (χ4v) is 6.56. The van der Waals surface area contributed by atoms with Crippen LogP contribution >= 0.6 is 0 Å². The van der Waals surface area contributed by atoms with Crippen molar-refractivity contribution in [2.45, 2.75) is 154 Å². The lowest BCUT2D eigenvalue weighted by molar-refractivity contribution is -0.283. The molecular weight excluding hydrogens is 708 g/mol. The smallest absolute Gasteiger partial charge is 0.330 e. The van der Waals surface area contributed by atoms with Gasteiger partial charge in [0.05, 0.1) is 57.1 Å². The van der Waals surface area contributed by atoms with Crippen molar-refractivity contribution in [1.29, 1.82) is 0 Å². The average molecular weight is 771 g/mol. The van der Waals surface area contributed by atoms with Crippen molar-refractivity contribution in [3.8, 4) is 0 Å². The van der Waals surface area contributed by atoms with Crippen LogP contribution < -0.4 is 0 Å². The third-order valence-corrected chi connectivity index (χ3v) is 9.59. The van der Waals surface area contributed by atoms with Crippen molar-refractivity contribution in [2.24, 2.45) is 5.41 Å². The van der Waals surface area contributed by atoms with Gasteiger partial charge in [-0.25, -0.2) is 4.79 Å². The van der Waals surface area contributed by atoms with E-state index in [2.05, 4.69) is 6.58 Å². The minimum atomic E-state index is -2.18. The summed E-state index contributed by atoms with van der Waals surface area (Å²) in [5, 5.41) is 31.9. The molecule has 0 aromatic rings. The van der Waals surface area contributed by atoms with Crippen LogP contribution in [0.15, 0.2) is 36.5 Å². The van der Waals surface area contributed by atoms with Crippen LogP contribution in [0.3, 0.4) is 0 Å². The van der Waals surface area contributed by atoms with Crippen LogP contribution in [0.5, 0.6) is 0 Å². The van der Waals surface area contributed by atoms with Gasteiger partial charge in [-0.05, 0) is 43.8 Å². The van der Waals surface area contributed by atoms with E-state index in [-0.39, 0.29) is 56.7 Å². The maximum Gasteiger partial charge on any atom is 0.330 e. The highest BCUT2D eigenvalue weighted by atomic mass is 16.7. The van der Waals surface area contributed by atoms with E-state index in [0.717, 1.165) is 18.9 Å². The molecule has 2 rings (SSSR count). The van der Waals surface area contributed by atoms with Gasteiger partial charge in [0, 0.05) is 44.8 Å². The quantitative estimate of drug-likeness (QED) is 0.0472. The lowest BCUT2D eigenvalue weighted by Crippen LogP contribution is -2.57. The molecule has 0 aromatic carbocycles. The molecule has 308 valence electrons. The molecule has 2 fully saturated rings.